The van der Waals surface area contributed by atoms with E-state index in [9.17, 15) is 5.11 Å². The second-order valence-corrected chi connectivity index (χ2v) is 5.36. The highest BCUT2D eigenvalue weighted by Gasteiger charge is 2.15. The van der Waals surface area contributed by atoms with E-state index in [1.165, 1.54) is 0 Å². The minimum Gasteiger partial charge on any atom is -0.389 e. The molecule has 0 spiro atoms. The zero-order chi connectivity index (χ0) is 11.4. The molecular formula is C12H17NO2S. The van der Waals surface area contributed by atoms with Gasteiger partial charge in [0.25, 0.3) is 0 Å². The Balaban J connectivity index is 1.93. The van der Waals surface area contributed by atoms with Crippen molar-refractivity contribution < 1.29 is 9.84 Å². The minimum atomic E-state index is -0.436. The van der Waals surface area contributed by atoms with Gasteiger partial charge in [-0.1, -0.05) is 6.07 Å². The highest BCUT2D eigenvalue weighted by molar-refractivity contribution is 7.99. The summed E-state index contributed by atoms with van der Waals surface area (Å²) in [7, 11) is 0. The summed E-state index contributed by atoms with van der Waals surface area (Å²) in [6.45, 7) is 3.48. The molecule has 0 bridgehead atoms. The van der Waals surface area contributed by atoms with E-state index in [0.29, 0.717) is 5.25 Å². The van der Waals surface area contributed by atoms with Crippen LogP contribution in [0.15, 0.2) is 23.4 Å². The largest absolute Gasteiger partial charge is 0.389 e. The molecule has 0 unspecified atom stereocenters. The lowest BCUT2D eigenvalue weighted by Gasteiger charge is -2.20. The maximum Gasteiger partial charge on any atom is 0.0962 e. The number of aliphatic hydroxyl groups is 1. The maximum atomic E-state index is 9.37. The third-order valence-electron chi connectivity index (χ3n) is 2.70. The Labute approximate surface area is 100 Å². The summed E-state index contributed by atoms with van der Waals surface area (Å²) in [6, 6.07) is 3.93. The lowest BCUT2D eigenvalue weighted by molar-refractivity contribution is 0.1000. The van der Waals surface area contributed by atoms with Crippen LogP contribution in [0.4, 0.5) is 0 Å². The van der Waals surface area contributed by atoms with Gasteiger partial charge in [-0.25, -0.2) is 4.98 Å². The number of pyridine rings is 1. The van der Waals surface area contributed by atoms with Crippen molar-refractivity contribution in [2.45, 2.75) is 36.1 Å². The van der Waals surface area contributed by atoms with E-state index in [2.05, 4.69) is 4.98 Å². The van der Waals surface area contributed by atoms with Crippen molar-refractivity contribution in [2.75, 3.05) is 13.2 Å². The highest BCUT2D eigenvalue weighted by atomic mass is 32.2. The van der Waals surface area contributed by atoms with Crippen LogP contribution < -0.4 is 0 Å². The van der Waals surface area contributed by atoms with Crippen molar-refractivity contribution in [1.82, 2.24) is 4.98 Å². The van der Waals surface area contributed by atoms with Crippen LogP contribution in [0, 0.1) is 0 Å². The standard InChI is InChI=1S/C12H17NO2S/c1-9(14)10-2-3-12(13-8-10)16-11-4-6-15-7-5-11/h2-3,8-9,11,14H,4-7H2,1H3/t9-/m1/s1. The van der Waals surface area contributed by atoms with Gasteiger partial charge in [0.05, 0.1) is 11.1 Å². The van der Waals surface area contributed by atoms with Crippen molar-refractivity contribution in [3.63, 3.8) is 0 Å². The van der Waals surface area contributed by atoms with E-state index in [1.54, 1.807) is 13.1 Å². The van der Waals surface area contributed by atoms with Gasteiger partial charge in [0, 0.05) is 24.7 Å². The average molecular weight is 239 g/mol. The van der Waals surface area contributed by atoms with Crippen molar-refractivity contribution in [1.29, 1.82) is 0 Å². The fraction of sp³-hybridized carbons (Fsp3) is 0.583. The molecule has 0 aromatic carbocycles. The van der Waals surface area contributed by atoms with Crippen LogP contribution in [-0.4, -0.2) is 28.6 Å². The van der Waals surface area contributed by atoms with Gasteiger partial charge in [-0.2, -0.15) is 0 Å². The molecule has 2 rings (SSSR count). The van der Waals surface area contributed by atoms with Crippen LogP contribution in [0.1, 0.15) is 31.4 Å². The molecule has 1 aliphatic heterocycles. The van der Waals surface area contributed by atoms with Gasteiger partial charge >= 0.3 is 0 Å². The zero-order valence-electron chi connectivity index (χ0n) is 9.43. The number of nitrogens with zero attached hydrogens (tertiary/aromatic N) is 1. The Bertz CT molecular complexity index is 320. The Kier molecular flexibility index (Phi) is 4.21. The highest BCUT2D eigenvalue weighted by Crippen LogP contribution is 2.28. The summed E-state index contributed by atoms with van der Waals surface area (Å²) in [4.78, 5) is 4.36. The van der Waals surface area contributed by atoms with Gasteiger partial charge in [-0.05, 0) is 31.4 Å². The third-order valence-corrected chi connectivity index (χ3v) is 3.99. The van der Waals surface area contributed by atoms with Crippen LogP contribution in [0.5, 0.6) is 0 Å². The quantitative estimate of drug-likeness (QED) is 0.879. The Morgan fingerprint density at radius 1 is 1.44 bits per heavy atom. The van der Waals surface area contributed by atoms with E-state index in [0.717, 1.165) is 36.6 Å². The molecule has 2 heterocycles. The third kappa shape index (κ3) is 3.20. The zero-order valence-corrected chi connectivity index (χ0v) is 10.2. The lowest BCUT2D eigenvalue weighted by atomic mass is 10.2. The first-order valence-corrected chi connectivity index (χ1v) is 6.52. The van der Waals surface area contributed by atoms with Crippen LogP contribution in [0.25, 0.3) is 0 Å². The summed E-state index contributed by atoms with van der Waals surface area (Å²) in [5.74, 6) is 0. The molecule has 4 heteroatoms. The molecule has 0 radical (unpaired) electrons. The van der Waals surface area contributed by atoms with E-state index in [4.69, 9.17) is 4.74 Å². The fourth-order valence-electron chi connectivity index (χ4n) is 1.67. The van der Waals surface area contributed by atoms with Crippen molar-refractivity contribution >= 4 is 11.8 Å². The molecule has 88 valence electrons. The van der Waals surface area contributed by atoms with Crippen LogP contribution in [0.3, 0.4) is 0 Å². The first kappa shape index (κ1) is 11.9. The molecule has 1 aliphatic rings. The molecule has 3 nitrogen and oxygen atoms in total. The van der Waals surface area contributed by atoms with Gasteiger partial charge in [-0.3, -0.25) is 0 Å². The molecule has 0 amide bonds. The smallest absolute Gasteiger partial charge is 0.0962 e. The van der Waals surface area contributed by atoms with Crippen molar-refractivity contribution in [3.8, 4) is 0 Å². The van der Waals surface area contributed by atoms with E-state index < -0.39 is 6.10 Å². The summed E-state index contributed by atoms with van der Waals surface area (Å²) in [5, 5.41) is 11.0. The van der Waals surface area contributed by atoms with E-state index in [-0.39, 0.29) is 0 Å². The topological polar surface area (TPSA) is 42.4 Å². The Hall–Kier alpha value is -0.580. The number of thioether (sulfide) groups is 1. The van der Waals surface area contributed by atoms with Gasteiger partial charge in [0.1, 0.15) is 0 Å². The summed E-state index contributed by atoms with van der Waals surface area (Å²) in [6.07, 6.45) is 3.52. The molecule has 1 aromatic heterocycles. The summed E-state index contributed by atoms with van der Waals surface area (Å²) in [5.41, 5.74) is 0.872. The SMILES string of the molecule is C[C@@H](O)c1ccc(SC2CCOCC2)nc1. The van der Waals surface area contributed by atoms with Crippen molar-refractivity contribution in [2.24, 2.45) is 0 Å². The molecule has 16 heavy (non-hydrogen) atoms. The normalized spacial score (nSPS) is 19.6. The Morgan fingerprint density at radius 3 is 2.75 bits per heavy atom. The molecule has 1 N–H and O–H groups in total. The lowest BCUT2D eigenvalue weighted by Crippen LogP contribution is -2.17. The van der Waals surface area contributed by atoms with Gasteiger partial charge in [-0.15, -0.1) is 11.8 Å². The minimum absolute atomic E-state index is 0.436. The van der Waals surface area contributed by atoms with Gasteiger partial charge < -0.3 is 9.84 Å². The molecule has 1 aromatic rings. The monoisotopic (exact) mass is 239 g/mol. The predicted molar refractivity (Wildman–Crippen MR) is 64.6 cm³/mol. The number of hydrogen-bond acceptors (Lipinski definition) is 4. The second kappa shape index (κ2) is 5.66. The van der Waals surface area contributed by atoms with Crippen molar-refractivity contribution in [3.05, 3.63) is 23.9 Å². The second-order valence-electron chi connectivity index (χ2n) is 4.04. The molecule has 1 fully saturated rings. The van der Waals surface area contributed by atoms with Crippen LogP contribution in [0.2, 0.25) is 0 Å². The maximum absolute atomic E-state index is 9.37. The van der Waals surface area contributed by atoms with Crippen LogP contribution in [-0.2, 0) is 4.74 Å². The summed E-state index contributed by atoms with van der Waals surface area (Å²) < 4.78 is 5.32. The molecule has 1 atom stereocenters. The number of aliphatic hydroxyl groups excluding tert-OH is 1. The Morgan fingerprint density at radius 2 is 2.19 bits per heavy atom. The first-order chi connectivity index (χ1) is 7.75. The number of ether oxygens (including phenoxy) is 1. The molecular weight excluding hydrogens is 222 g/mol. The number of rotatable bonds is 3. The number of hydrogen-bond donors (Lipinski definition) is 1. The average Bonchev–Trinajstić information content (AvgIpc) is 2.31. The van der Waals surface area contributed by atoms with Gasteiger partial charge in [0.2, 0.25) is 0 Å². The van der Waals surface area contributed by atoms with Crippen LogP contribution >= 0.6 is 11.8 Å². The number of aromatic nitrogens is 1. The first-order valence-electron chi connectivity index (χ1n) is 5.64. The summed E-state index contributed by atoms with van der Waals surface area (Å²) >= 11 is 1.81. The molecule has 0 aliphatic carbocycles. The molecule has 0 saturated carbocycles. The molecule has 1 saturated heterocycles. The van der Waals surface area contributed by atoms with E-state index in [1.807, 2.05) is 23.9 Å². The van der Waals surface area contributed by atoms with E-state index >= 15 is 0 Å². The van der Waals surface area contributed by atoms with Gasteiger partial charge in [0.15, 0.2) is 0 Å². The fourth-order valence-corrected chi connectivity index (χ4v) is 2.70. The predicted octanol–water partition coefficient (Wildman–Crippen LogP) is 2.41.